The van der Waals surface area contributed by atoms with Crippen LogP contribution in [0.5, 0.6) is 0 Å². The molecule has 2 aromatic carbocycles. The maximum Gasteiger partial charge on any atom is 0.407 e. The molecule has 1 aliphatic rings. The Bertz CT molecular complexity index is 1030. The zero-order valence-electron chi connectivity index (χ0n) is 16.7. The summed E-state index contributed by atoms with van der Waals surface area (Å²) in [6.45, 7) is 0.414. The van der Waals surface area contributed by atoms with E-state index in [4.69, 9.17) is 4.74 Å². The first kappa shape index (κ1) is 21.5. The summed E-state index contributed by atoms with van der Waals surface area (Å²) in [7, 11) is 0. The number of amides is 1. The summed E-state index contributed by atoms with van der Waals surface area (Å²) in [5, 5.41) is 23.1. The Labute approximate surface area is 189 Å². The number of hydrogen-bond acceptors (Lipinski definition) is 5. The van der Waals surface area contributed by atoms with Crippen LogP contribution in [0.3, 0.4) is 0 Å². The molecule has 0 radical (unpaired) electrons. The lowest BCUT2D eigenvalue weighted by Gasteiger charge is -2.19. The standard InChI is InChI=1S/C24H23BrN2O4/c25-22-13-15(9-11-26-22)23(29)21(28)10-12-27-24(30)31-14-20-18-7-3-1-5-16(18)17-6-2-4-8-19(17)20/h1-9,11,13,20-21,23,28-29H,10,12,14H2,(H,27,30). The van der Waals surface area contributed by atoms with E-state index >= 15 is 0 Å². The number of nitrogens with one attached hydrogen (secondary N) is 1. The highest BCUT2D eigenvalue weighted by atomic mass is 79.9. The predicted octanol–water partition coefficient (Wildman–Crippen LogP) is 4.17. The van der Waals surface area contributed by atoms with Gasteiger partial charge in [0.05, 0.1) is 6.10 Å². The molecule has 3 N–H and O–H groups in total. The highest BCUT2D eigenvalue weighted by Crippen LogP contribution is 2.44. The van der Waals surface area contributed by atoms with E-state index in [-0.39, 0.29) is 25.5 Å². The zero-order chi connectivity index (χ0) is 21.8. The lowest BCUT2D eigenvalue weighted by molar-refractivity contribution is 0.0136. The molecule has 4 rings (SSSR count). The minimum Gasteiger partial charge on any atom is -0.449 e. The molecule has 160 valence electrons. The van der Waals surface area contributed by atoms with Crippen LogP contribution in [0.15, 0.2) is 71.5 Å². The molecule has 6 nitrogen and oxygen atoms in total. The van der Waals surface area contributed by atoms with Crippen molar-refractivity contribution in [1.82, 2.24) is 10.3 Å². The van der Waals surface area contributed by atoms with Crippen LogP contribution in [0.2, 0.25) is 0 Å². The van der Waals surface area contributed by atoms with E-state index in [2.05, 4.69) is 50.5 Å². The highest BCUT2D eigenvalue weighted by molar-refractivity contribution is 9.10. The third-order valence-electron chi connectivity index (χ3n) is 5.51. The Hall–Kier alpha value is -2.74. The Balaban J connectivity index is 1.28. The minimum absolute atomic E-state index is 0.00398. The van der Waals surface area contributed by atoms with Gasteiger partial charge in [-0.2, -0.15) is 0 Å². The number of carbonyl (C=O) groups is 1. The first-order valence-corrected chi connectivity index (χ1v) is 10.9. The van der Waals surface area contributed by atoms with Crippen molar-refractivity contribution in [3.8, 4) is 11.1 Å². The lowest BCUT2D eigenvalue weighted by atomic mass is 9.98. The first-order valence-electron chi connectivity index (χ1n) is 10.1. The van der Waals surface area contributed by atoms with Crippen LogP contribution in [0.1, 0.15) is 35.1 Å². The molecule has 31 heavy (non-hydrogen) atoms. The van der Waals surface area contributed by atoms with Crippen molar-refractivity contribution in [2.75, 3.05) is 13.2 Å². The summed E-state index contributed by atoms with van der Waals surface area (Å²) in [6, 6.07) is 19.6. The van der Waals surface area contributed by atoms with Crippen molar-refractivity contribution in [2.45, 2.75) is 24.5 Å². The Morgan fingerprint density at radius 1 is 1.06 bits per heavy atom. The van der Waals surface area contributed by atoms with Gasteiger partial charge in [0.25, 0.3) is 0 Å². The van der Waals surface area contributed by atoms with Crippen LogP contribution in [0.4, 0.5) is 4.79 Å². The third kappa shape index (κ3) is 4.79. The molecule has 1 aromatic heterocycles. The molecule has 0 fully saturated rings. The molecule has 1 heterocycles. The van der Waals surface area contributed by atoms with E-state index in [1.54, 1.807) is 18.3 Å². The normalized spacial score (nSPS) is 14.4. The van der Waals surface area contributed by atoms with Crippen molar-refractivity contribution in [1.29, 1.82) is 0 Å². The topological polar surface area (TPSA) is 91.7 Å². The monoisotopic (exact) mass is 482 g/mol. The Morgan fingerprint density at radius 2 is 1.71 bits per heavy atom. The van der Waals surface area contributed by atoms with Gasteiger partial charge < -0.3 is 20.3 Å². The maximum absolute atomic E-state index is 12.2. The molecule has 0 saturated carbocycles. The van der Waals surface area contributed by atoms with Crippen molar-refractivity contribution in [2.24, 2.45) is 0 Å². The fourth-order valence-electron chi connectivity index (χ4n) is 3.95. The number of rotatable bonds is 7. The SMILES string of the molecule is O=C(NCCC(O)C(O)c1ccnc(Br)c1)OCC1c2ccccc2-c2ccccc21. The number of benzene rings is 2. The molecule has 2 unspecified atom stereocenters. The number of carbonyl (C=O) groups excluding carboxylic acids is 1. The summed E-state index contributed by atoms with van der Waals surface area (Å²) >= 11 is 3.24. The second-order valence-corrected chi connectivity index (χ2v) is 8.28. The third-order valence-corrected chi connectivity index (χ3v) is 5.94. The first-order chi connectivity index (χ1) is 15.0. The fourth-order valence-corrected chi connectivity index (χ4v) is 4.34. The number of aromatic nitrogens is 1. The highest BCUT2D eigenvalue weighted by Gasteiger charge is 2.29. The van der Waals surface area contributed by atoms with E-state index in [1.165, 1.54) is 11.1 Å². The molecule has 7 heteroatoms. The van der Waals surface area contributed by atoms with Crippen LogP contribution in [0, 0.1) is 0 Å². The second kappa shape index (κ2) is 9.60. The second-order valence-electron chi connectivity index (χ2n) is 7.47. The van der Waals surface area contributed by atoms with Crippen molar-refractivity contribution >= 4 is 22.0 Å². The van der Waals surface area contributed by atoms with E-state index in [9.17, 15) is 15.0 Å². The summed E-state index contributed by atoms with van der Waals surface area (Å²) in [4.78, 5) is 16.2. The number of aliphatic hydroxyl groups excluding tert-OH is 2. The van der Waals surface area contributed by atoms with Crippen LogP contribution in [-0.4, -0.2) is 40.5 Å². The quantitative estimate of drug-likeness (QED) is 0.439. The van der Waals surface area contributed by atoms with Crippen molar-refractivity contribution in [3.05, 3.63) is 88.2 Å². The van der Waals surface area contributed by atoms with Gasteiger partial charge in [0.1, 0.15) is 17.3 Å². The summed E-state index contributed by atoms with van der Waals surface area (Å²) < 4.78 is 6.05. The van der Waals surface area contributed by atoms with Gasteiger partial charge in [-0.1, -0.05) is 48.5 Å². The van der Waals surface area contributed by atoms with Crippen LogP contribution < -0.4 is 5.32 Å². The molecule has 0 aliphatic heterocycles. The van der Waals surface area contributed by atoms with Gasteiger partial charge in [0.15, 0.2) is 0 Å². The van der Waals surface area contributed by atoms with Crippen LogP contribution in [-0.2, 0) is 4.74 Å². The predicted molar refractivity (Wildman–Crippen MR) is 121 cm³/mol. The molecule has 3 aromatic rings. The summed E-state index contributed by atoms with van der Waals surface area (Å²) in [6.07, 6.45) is -0.905. The number of halogens is 1. The van der Waals surface area contributed by atoms with Gasteiger partial charge >= 0.3 is 6.09 Å². The smallest absolute Gasteiger partial charge is 0.407 e. The van der Waals surface area contributed by atoms with Gasteiger partial charge in [0.2, 0.25) is 0 Å². The average Bonchev–Trinajstić information content (AvgIpc) is 3.11. The van der Waals surface area contributed by atoms with Crippen molar-refractivity contribution in [3.63, 3.8) is 0 Å². The number of alkyl carbamates (subject to hydrolysis) is 1. The Morgan fingerprint density at radius 3 is 2.35 bits per heavy atom. The molecule has 1 amide bonds. The number of ether oxygens (including phenoxy) is 1. The molecule has 2 atom stereocenters. The molecular weight excluding hydrogens is 460 g/mol. The zero-order valence-corrected chi connectivity index (χ0v) is 18.3. The van der Waals surface area contributed by atoms with Crippen molar-refractivity contribution < 1.29 is 19.7 Å². The molecule has 0 spiro atoms. The molecule has 0 bridgehead atoms. The number of pyridine rings is 1. The lowest BCUT2D eigenvalue weighted by Crippen LogP contribution is -2.30. The van der Waals surface area contributed by atoms with Gasteiger partial charge in [-0.3, -0.25) is 0 Å². The largest absolute Gasteiger partial charge is 0.449 e. The van der Waals surface area contributed by atoms with Crippen LogP contribution >= 0.6 is 15.9 Å². The van der Waals surface area contributed by atoms with E-state index in [0.717, 1.165) is 11.1 Å². The number of aliphatic hydroxyl groups is 2. The van der Waals surface area contributed by atoms with Gasteiger partial charge in [-0.05, 0) is 62.3 Å². The van der Waals surface area contributed by atoms with Crippen LogP contribution in [0.25, 0.3) is 11.1 Å². The molecule has 0 saturated heterocycles. The average molecular weight is 483 g/mol. The number of fused-ring (bicyclic) bond motifs is 3. The Kier molecular flexibility index (Phi) is 6.65. The minimum atomic E-state index is -1.07. The maximum atomic E-state index is 12.2. The van der Waals surface area contributed by atoms with Gasteiger partial charge in [0, 0.05) is 18.7 Å². The van der Waals surface area contributed by atoms with E-state index in [0.29, 0.717) is 10.2 Å². The van der Waals surface area contributed by atoms with E-state index < -0.39 is 18.3 Å². The molecular formula is C24H23BrN2O4. The summed E-state index contributed by atoms with van der Waals surface area (Å²) in [5.74, 6) is -0.00398. The number of nitrogens with zero attached hydrogens (tertiary/aromatic N) is 1. The van der Waals surface area contributed by atoms with Gasteiger partial charge in [-0.15, -0.1) is 0 Å². The summed E-state index contributed by atoms with van der Waals surface area (Å²) in [5.41, 5.74) is 5.20. The van der Waals surface area contributed by atoms with E-state index in [1.807, 2.05) is 24.3 Å². The number of hydrogen-bond donors (Lipinski definition) is 3. The fraction of sp³-hybridized carbons (Fsp3) is 0.250. The van der Waals surface area contributed by atoms with Gasteiger partial charge in [-0.25, -0.2) is 9.78 Å². The molecule has 1 aliphatic carbocycles.